The molecule has 1 aliphatic rings. The Morgan fingerprint density at radius 1 is 1.32 bits per heavy atom. The van der Waals surface area contributed by atoms with Gasteiger partial charge in [-0.25, -0.2) is 9.59 Å². The van der Waals surface area contributed by atoms with E-state index in [0.29, 0.717) is 22.4 Å². The smallest absolute Gasteiger partial charge is 0.343 e. The van der Waals surface area contributed by atoms with Gasteiger partial charge < -0.3 is 5.11 Å². The monoisotopic (exact) mass is 355 g/mol. The van der Waals surface area contributed by atoms with Crippen molar-refractivity contribution in [3.05, 3.63) is 72.4 Å². The maximum atomic E-state index is 12.7. The lowest BCUT2D eigenvalue weighted by molar-refractivity contribution is -0.131. The summed E-state index contributed by atoms with van der Waals surface area (Å²) >= 11 is 1.08. The van der Waals surface area contributed by atoms with Gasteiger partial charge >= 0.3 is 11.7 Å². The first-order valence-corrected chi connectivity index (χ1v) is 8.32. The SMILES string of the molecule is Cc1c2n(c(=O)n(Cc3ccc(C#N)cc3)c1=O)C=C(C(=O)O)SC2. The van der Waals surface area contributed by atoms with Gasteiger partial charge in [-0.05, 0) is 24.6 Å². The minimum Gasteiger partial charge on any atom is -0.477 e. The zero-order valence-electron chi connectivity index (χ0n) is 13.2. The molecule has 0 bridgehead atoms. The van der Waals surface area contributed by atoms with Crippen molar-refractivity contribution < 1.29 is 9.90 Å². The molecule has 3 rings (SSSR count). The molecule has 0 saturated heterocycles. The van der Waals surface area contributed by atoms with Crippen LogP contribution in [-0.2, 0) is 17.1 Å². The summed E-state index contributed by atoms with van der Waals surface area (Å²) in [6.07, 6.45) is 1.26. The first kappa shape index (κ1) is 16.8. The van der Waals surface area contributed by atoms with E-state index >= 15 is 0 Å². The molecular formula is C17H13N3O4S. The van der Waals surface area contributed by atoms with Crippen LogP contribution in [0, 0.1) is 18.3 Å². The molecular weight excluding hydrogens is 342 g/mol. The number of carboxylic acids is 1. The fourth-order valence-corrected chi connectivity index (χ4v) is 3.53. The topological polar surface area (TPSA) is 105 Å². The number of nitriles is 1. The summed E-state index contributed by atoms with van der Waals surface area (Å²) in [4.78, 5) is 36.5. The average Bonchev–Trinajstić information content (AvgIpc) is 2.63. The van der Waals surface area contributed by atoms with Crippen LogP contribution in [0.15, 0.2) is 38.8 Å². The Hall–Kier alpha value is -3.05. The number of hydrogen-bond donors (Lipinski definition) is 1. The zero-order valence-corrected chi connectivity index (χ0v) is 14.0. The summed E-state index contributed by atoms with van der Waals surface area (Å²) in [7, 11) is 0. The third-order valence-electron chi connectivity index (χ3n) is 3.97. The number of carboxylic acid groups (broad SMARTS) is 1. The van der Waals surface area contributed by atoms with Crippen molar-refractivity contribution in [3.63, 3.8) is 0 Å². The Morgan fingerprint density at radius 2 is 2.00 bits per heavy atom. The standard InChI is InChI=1S/C17H13N3O4S/c1-10-13-9-25-14(16(22)23)8-19(13)17(24)20(15(10)21)7-12-4-2-11(6-18)3-5-12/h2-5,8H,7,9H2,1H3,(H,22,23). The molecule has 1 N–H and O–H groups in total. The van der Waals surface area contributed by atoms with E-state index in [0.717, 1.165) is 16.3 Å². The molecule has 0 spiro atoms. The van der Waals surface area contributed by atoms with Gasteiger partial charge in [-0.3, -0.25) is 13.9 Å². The predicted molar refractivity (Wildman–Crippen MR) is 93.2 cm³/mol. The number of aromatic nitrogens is 2. The van der Waals surface area contributed by atoms with Crippen molar-refractivity contribution in [1.82, 2.24) is 9.13 Å². The molecule has 2 aromatic rings. The fourth-order valence-electron chi connectivity index (χ4n) is 2.57. The number of hydrogen-bond acceptors (Lipinski definition) is 5. The van der Waals surface area contributed by atoms with Gasteiger partial charge in [-0.15, -0.1) is 11.8 Å². The number of benzene rings is 1. The summed E-state index contributed by atoms with van der Waals surface area (Å²) in [5.74, 6) is -0.850. The quantitative estimate of drug-likeness (QED) is 0.891. The first-order valence-electron chi connectivity index (χ1n) is 7.34. The number of aliphatic carboxylic acids is 1. The van der Waals surface area contributed by atoms with Crippen LogP contribution >= 0.6 is 11.8 Å². The average molecular weight is 355 g/mol. The summed E-state index contributed by atoms with van der Waals surface area (Å²) in [6, 6.07) is 8.59. The zero-order chi connectivity index (χ0) is 18.1. The number of rotatable bonds is 3. The highest BCUT2D eigenvalue weighted by Gasteiger charge is 2.22. The van der Waals surface area contributed by atoms with Gasteiger partial charge in [0.2, 0.25) is 0 Å². The molecule has 7 nitrogen and oxygen atoms in total. The number of carbonyl (C=O) groups is 1. The van der Waals surface area contributed by atoms with Crippen LogP contribution in [-0.4, -0.2) is 20.2 Å². The van der Waals surface area contributed by atoms with Crippen molar-refractivity contribution in [2.24, 2.45) is 0 Å². The second-order valence-corrected chi connectivity index (χ2v) is 6.53. The van der Waals surface area contributed by atoms with Crippen LogP contribution in [0.4, 0.5) is 0 Å². The van der Waals surface area contributed by atoms with Crippen LogP contribution in [0.1, 0.15) is 22.4 Å². The predicted octanol–water partition coefficient (Wildman–Crippen LogP) is 1.37. The van der Waals surface area contributed by atoms with E-state index in [1.165, 1.54) is 10.8 Å². The highest BCUT2D eigenvalue weighted by molar-refractivity contribution is 8.03. The number of thioether (sulfide) groups is 1. The second-order valence-electron chi connectivity index (χ2n) is 5.51. The maximum absolute atomic E-state index is 12.7. The van der Waals surface area contributed by atoms with E-state index in [-0.39, 0.29) is 17.2 Å². The molecule has 0 saturated carbocycles. The Morgan fingerprint density at radius 3 is 2.60 bits per heavy atom. The van der Waals surface area contributed by atoms with Crippen molar-refractivity contribution in [3.8, 4) is 6.07 Å². The van der Waals surface area contributed by atoms with Crippen LogP contribution in [0.5, 0.6) is 0 Å². The van der Waals surface area contributed by atoms with Gasteiger partial charge in [0.15, 0.2) is 0 Å². The molecule has 0 aliphatic carbocycles. The molecule has 0 radical (unpaired) electrons. The molecule has 0 amide bonds. The maximum Gasteiger partial charge on any atom is 0.343 e. The van der Waals surface area contributed by atoms with Gasteiger partial charge in [0.25, 0.3) is 5.56 Å². The Kier molecular flexibility index (Phi) is 4.33. The highest BCUT2D eigenvalue weighted by Crippen LogP contribution is 2.27. The Labute approximate surface area is 146 Å². The van der Waals surface area contributed by atoms with E-state index in [9.17, 15) is 14.4 Å². The fraction of sp³-hybridized carbons (Fsp3) is 0.176. The second kappa shape index (κ2) is 6.45. The molecule has 126 valence electrons. The lowest BCUT2D eigenvalue weighted by Gasteiger charge is -2.19. The van der Waals surface area contributed by atoms with E-state index in [2.05, 4.69) is 0 Å². The molecule has 1 aromatic carbocycles. The molecule has 8 heteroatoms. The third kappa shape index (κ3) is 3.02. The van der Waals surface area contributed by atoms with Crippen LogP contribution in [0.3, 0.4) is 0 Å². The third-order valence-corrected chi connectivity index (χ3v) is 4.98. The first-order chi connectivity index (χ1) is 11.9. The normalized spacial score (nSPS) is 12.9. The van der Waals surface area contributed by atoms with E-state index in [1.807, 2.05) is 6.07 Å². The van der Waals surface area contributed by atoms with Crippen molar-refractivity contribution in [1.29, 1.82) is 5.26 Å². The van der Waals surface area contributed by atoms with Gasteiger partial charge in [0.1, 0.15) is 4.91 Å². The summed E-state index contributed by atoms with van der Waals surface area (Å²) < 4.78 is 2.31. The van der Waals surface area contributed by atoms with E-state index in [4.69, 9.17) is 10.4 Å². The Balaban J connectivity index is 2.13. The van der Waals surface area contributed by atoms with Crippen LogP contribution in [0.2, 0.25) is 0 Å². The highest BCUT2D eigenvalue weighted by atomic mass is 32.2. The summed E-state index contributed by atoms with van der Waals surface area (Å²) in [5.41, 5.74) is 1.15. The lowest BCUT2D eigenvalue weighted by Crippen LogP contribution is -2.42. The van der Waals surface area contributed by atoms with E-state index < -0.39 is 17.2 Å². The van der Waals surface area contributed by atoms with Crippen LogP contribution < -0.4 is 11.2 Å². The molecule has 1 aliphatic heterocycles. The minimum absolute atomic E-state index is 0.0495. The van der Waals surface area contributed by atoms with E-state index in [1.54, 1.807) is 31.2 Å². The van der Waals surface area contributed by atoms with Crippen LogP contribution in [0.25, 0.3) is 6.20 Å². The minimum atomic E-state index is -1.11. The number of fused-ring (bicyclic) bond motifs is 1. The molecule has 2 heterocycles. The molecule has 1 aromatic heterocycles. The number of nitrogens with zero attached hydrogens (tertiary/aromatic N) is 3. The summed E-state index contributed by atoms with van der Waals surface area (Å²) in [6.45, 7) is 1.68. The van der Waals surface area contributed by atoms with Gasteiger partial charge in [0, 0.05) is 23.2 Å². The molecule has 0 atom stereocenters. The van der Waals surface area contributed by atoms with Crippen molar-refractivity contribution in [2.45, 2.75) is 19.2 Å². The Bertz CT molecular complexity index is 1060. The molecule has 0 unspecified atom stereocenters. The lowest BCUT2D eigenvalue weighted by atomic mass is 10.1. The largest absolute Gasteiger partial charge is 0.477 e. The molecule has 25 heavy (non-hydrogen) atoms. The van der Waals surface area contributed by atoms with Gasteiger partial charge in [0.05, 0.1) is 18.2 Å². The van der Waals surface area contributed by atoms with Gasteiger partial charge in [-0.2, -0.15) is 5.26 Å². The summed E-state index contributed by atoms with van der Waals surface area (Å²) in [5, 5.41) is 18.0. The van der Waals surface area contributed by atoms with Crippen molar-refractivity contribution >= 4 is 23.9 Å². The van der Waals surface area contributed by atoms with Gasteiger partial charge in [-0.1, -0.05) is 12.1 Å². The molecule has 0 fully saturated rings. The van der Waals surface area contributed by atoms with Crippen molar-refractivity contribution in [2.75, 3.05) is 0 Å².